The van der Waals surface area contributed by atoms with Gasteiger partial charge in [0.2, 0.25) is 0 Å². The minimum absolute atomic E-state index is 0.101. The Labute approximate surface area is 108 Å². The van der Waals surface area contributed by atoms with Gasteiger partial charge < -0.3 is 15.4 Å². The number of methoxy groups -OCH3 is 1. The number of carbonyl (C=O) groups is 1. The van der Waals surface area contributed by atoms with Crippen molar-refractivity contribution in [2.24, 2.45) is 11.7 Å². The van der Waals surface area contributed by atoms with E-state index in [2.05, 4.69) is 0 Å². The Hall–Kier alpha value is -1.39. The molecule has 0 saturated carbocycles. The first-order valence-electron chi connectivity index (χ1n) is 6.32. The average molecular weight is 248 g/mol. The summed E-state index contributed by atoms with van der Waals surface area (Å²) < 4.78 is 5.14. The van der Waals surface area contributed by atoms with E-state index in [1.807, 2.05) is 29.2 Å². The summed E-state index contributed by atoms with van der Waals surface area (Å²) in [6, 6.07) is 7.56. The van der Waals surface area contributed by atoms with Gasteiger partial charge in [-0.25, -0.2) is 0 Å². The maximum atomic E-state index is 12.3. The molecule has 1 aromatic rings. The highest BCUT2D eigenvalue weighted by Crippen LogP contribution is 2.19. The van der Waals surface area contributed by atoms with Crippen LogP contribution in [-0.2, 0) is 11.3 Å². The number of amides is 1. The molecule has 0 aromatic heterocycles. The maximum Gasteiger partial charge on any atom is 0.253 e. The van der Waals surface area contributed by atoms with Gasteiger partial charge in [-0.15, -0.1) is 0 Å². The van der Waals surface area contributed by atoms with E-state index in [0.717, 1.165) is 37.2 Å². The molecule has 1 amide bonds. The SMILES string of the molecule is COCC1CCN(C(=O)c2cccc(CN)c2)C1. The molecule has 1 aliphatic heterocycles. The molecular formula is C14H20N2O2. The van der Waals surface area contributed by atoms with Crippen molar-refractivity contribution in [3.63, 3.8) is 0 Å². The fraction of sp³-hybridized carbons (Fsp3) is 0.500. The van der Waals surface area contributed by atoms with Gasteiger partial charge in [-0.3, -0.25) is 4.79 Å². The Morgan fingerprint density at radius 2 is 2.39 bits per heavy atom. The van der Waals surface area contributed by atoms with Gasteiger partial charge in [0.1, 0.15) is 0 Å². The largest absolute Gasteiger partial charge is 0.384 e. The van der Waals surface area contributed by atoms with Crippen LogP contribution in [-0.4, -0.2) is 37.6 Å². The summed E-state index contributed by atoms with van der Waals surface area (Å²) in [6.07, 6.45) is 1.02. The monoisotopic (exact) mass is 248 g/mol. The third kappa shape index (κ3) is 2.89. The third-order valence-corrected chi connectivity index (χ3v) is 3.39. The highest BCUT2D eigenvalue weighted by molar-refractivity contribution is 5.94. The van der Waals surface area contributed by atoms with E-state index >= 15 is 0 Å². The van der Waals surface area contributed by atoms with Crippen LogP contribution in [0.25, 0.3) is 0 Å². The number of rotatable bonds is 4. The minimum Gasteiger partial charge on any atom is -0.384 e. The van der Waals surface area contributed by atoms with Crippen molar-refractivity contribution in [3.8, 4) is 0 Å². The summed E-state index contributed by atoms with van der Waals surface area (Å²) in [4.78, 5) is 14.2. The standard InChI is InChI=1S/C14H20N2O2/c1-18-10-12-5-6-16(9-12)14(17)13-4-2-3-11(7-13)8-15/h2-4,7,12H,5-6,8-10,15H2,1H3. The van der Waals surface area contributed by atoms with E-state index in [4.69, 9.17) is 10.5 Å². The van der Waals surface area contributed by atoms with E-state index in [-0.39, 0.29) is 5.91 Å². The third-order valence-electron chi connectivity index (χ3n) is 3.39. The predicted octanol–water partition coefficient (Wildman–Crippen LogP) is 1.25. The van der Waals surface area contributed by atoms with Crippen LogP contribution >= 0.6 is 0 Å². The Morgan fingerprint density at radius 1 is 1.56 bits per heavy atom. The lowest BCUT2D eigenvalue weighted by Crippen LogP contribution is -2.29. The van der Waals surface area contributed by atoms with Crippen LogP contribution in [0.5, 0.6) is 0 Å². The second-order valence-corrected chi connectivity index (χ2v) is 4.77. The molecule has 1 fully saturated rings. The highest BCUT2D eigenvalue weighted by Gasteiger charge is 2.26. The zero-order valence-electron chi connectivity index (χ0n) is 10.8. The molecule has 1 heterocycles. The molecule has 2 N–H and O–H groups in total. The second-order valence-electron chi connectivity index (χ2n) is 4.77. The molecule has 0 aliphatic carbocycles. The molecule has 2 rings (SSSR count). The number of benzene rings is 1. The summed E-state index contributed by atoms with van der Waals surface area (Å²) in [5, 5.41) is 0. The van der Waals surface area contributed by atoms with E-state index in [0.29, 0.717) is 12.5 Å². The molecule has 4 nitrogen and oxygen atoms in total. The lowest BCUT2D eigenvalue weighted by molar-refractivity contribution is 0.0775. The van der Waals surface area contributed by atoms with E-state index in [1.165, 1.54) is 0 Å². The van der Waals surface area contributed by atoms with Gasteiger partial charge in [0.05, 0.1) is 6.61 Å². The van der Waals surface area contributed by atoms with Crippen molar-refractivity contribution in [3.05, 3.63) is 35.4 Å². The van der Waals surface area contributed by atoms with Crippen LogP contribution in [0.2, 0.25) is 0 Å². The summed E-state index contributed by atoms with van der Waals surface area (Å²) in [7, 11) is 1.70. The maximum absolute atomic E-state index is 12.3. The van der Waals surface area contributed by atoms with Crippen LogP contribution in [0.1, 0.15) is 22.3 Å². The van der Waals surface area contributed by atoms with Crippen LogP contribution in [0.15, 0.2) is 24.3 Å². The summed E-state index contributed by atoms with van der Waals surface area (Å²) in [5.41, 5.74) is 7.32. The summed E-state index contributed by atoms with van der Waals surface area (Å²) >= 11 is 0. The number of carbonyl (C=O) groups excluding carboxylic acids is 1. The van der Waals surface area contributed by atoms with Gasteiger partial charge in [0.25, 0.3) is 5.91 Å². The smallest absolute Gasteiger partial charge is 0.253 e. The number of hydrogen-bond donors (Lipinski definition) is 1. The van der Waals surface area contributed by atoms with Gasteiger partial charge in [-0.1, -0.05) is 12.1 Å². The Morgan fingerprint density at radius 3 is 3.11 bits per heavy atom. The van der Waals surface area contributed by atoms with Gasteiger partial charge in [-0.2, -0.15) is 0 Å². The minimum atomic E-state index is 0.101. The Bertz CT molecular complexity index is 420. The molecule has 0 radical (unpaired) electrons. The number of nitrogens with two attached hydrogens (primary N) is 1. The fourth-order valence-corrected chi connectivity index (χ4v) is 2.40. The zero-order valence-corrected chi connectivity index (χ0v) is 10.8. The lowest BCUT2D eigenvalue weighted by atomic mass is 10.1. The second kappa shape index (κ2) is 5.98. The number of hydrogen-bond acceptors (Lipinski definition) is 3. The van der Waals surface area contributed by atoms with Crippen molar-refractivity contribution in [2.75, 3.05) is 26.8 Å². The zero-order chi connectivity index (χ0) is 13.0. The molecule has 1 saturated heterocycles. The molecule has 0 spiro atoms. The summed E-state index contributed by atoms with van der Waals surface area (Å²) in [5.74, 6) is 0.570. The highest BCUT2D eigenvalue weighted by atomic mass is 16.5. The molecular weight excluding hydrogens is 228 g/mol. The molecule has 18 heavy (non-hydrogen) atoms. The topological polar surface area (TPSA) is 55.6 Å². The van der Waals surface area contributed by atoms with Crippen molar-refractivity contribution in [1.29, 1.82) is 0 Å². The predicted molar refractivity (Wildman–Crippen MR) is 70.2 cm³/mol. The normalized spacial score (nSPS) is 19.2. The van der Waals surface area contributed by atoms with Crippen LogP contribution in [0.4, 0.5) is 0 Å². The molecule has 1 unspecified atom stereocenters. The number of likely N-dealkylation sites (tertiary alicyclic amines) is 1. The molecule has 1 atom stereocenters. The Kier molecular flexibility index (Phi) is 4.33. The Balaban J connectivity index is 2.03. The fourth-order valence-electron chi connectivity index (χ4n) is 2.40. The van der Waals surface area contributed by atoms with Gasteiger partial charge in [-0.05, 0) is 24.1 Å². The van der Waals surface area contributed by atoms with Crippen molar-refractivity contribution < 1.29 is 9.53 Å². The molecule has 1 aromatic carbocycles. The van der Waals surface area contributed by atoms with Crippen molar-refractivity contribution in [1.82, 2.24) is 4.90 Å². The number of ether oxygens (including phenoxy) is 1. The van der Waals surface area contributed by atoms with Gasteiger partial charge in [0.15, 0.2) is 0 Å². The quantitative estimate of drug-likeness (QED) is 0.872. The first-order chi connectivity index (χ1) is 8.74. The lowest BCUT2D eigenvalue weighted by Gasteiger charge is -2.16. The van der Waals surface area contributed by atoms with E-state index < -0.39 is 0 Å². The molecule has 0 bridgehead atoms. The summed E-state index contributed by atoms with van der Waals surface area (Å²) in [6.45, 7) is 2.80. The number of nitrogens with zero attached hydrogens (tertiary/aromatic N) is 1. The average Bonchev–Trinajstić information content (AvgIpc) is 2.87. The molecule has 1 aliphatic rings. The van der Waals surface area contributed by atoms with Crippen LogP contribution in [0, 0.1) is 5.92 Å². The first-order valence-corrected chi connectivity index (χ1v) is 6.32. The molecule has 4 heteroatoms. The van der Waals surface area contributed by atoms with E-state index in [1.54, 1.807) is 7.11 Å². The van der Waals surface area contributed by atoms with Gasteiger partial charge in [0, 0.05) is 38.2 Å². The molecule has 98 valence electrons. The van der Waals surface area contributed by atoms with Crippen molar-refractivity contribution in [2.45, 2.75) is 13.0 Å². The first kappa shape index (κ1) is 13.1. The van der Waals surface area contributed by atoms with E-state index in [9.17, 15) is 4.79 Å². The van der Waals surface area contributed by atoms with Crippen LogP contribution in [0.3, 0.4) is 0 Å². The van der Waals surface area contributed by atoms with Crippen molar-refractivity contribution >= 4 is 5.91 Å². The van der Waals surface area contributed by atoms with Crippen LogP contribution < -0.4 is 5.73 Å². The van der Waals surface area contributed by atoms with Gasteiger partial charge >= 0.3 is 0 Å².